The minimum Gasteiger partial charge on any atom is -0.305 e. The first-order valence-electron chi connectivity index (χ1n) is 10.3. The lowest BCUT2D eigenvalue weighted by atomic mass is 10.1. The van der Waals surface area contributed by atoms with Crippen molar-refractivity contribution in [3.63, 3.8) is 0 Å². The molecule has 1 amide bonds. The number of benzene rings is 3. The number of aryl methyl sites for hydroxylation is 2. The van der Waals surface area contributed by atoms with Gasteiger partial charge in [-0.1, -0.05) is 48.0 Å². The molecule has 1 N–H and O–H groups in total. The third kappa shape index (κ3) is 4.27. The summed E-state index contributed by atoms with van der Waals surface area (Å²) in [5.41, 5.74) is 5.14. The van der Waals surface area contributed by atoms with Crippen molar-refractivity contribution in [3.05, 3.63) is 94.5 Å². The molecule has 3 aromatic carbocycles. The SMILES string of the molecule is Cc1ccc(S(=O)(=O)NCc2ccc3c(c2)N(C(=O)c2ccccc2)[C@H](C)C3)c(C)c1. The van der Waals surface area contributed by atoms with Gasteiger partial charge in [-0.2, -0.15) is 0 Å². The number of fused-ring (bicyclic) bond motifs is 1. The van der Waals surface area contributed by atoms with Crippen LogP contribution in [-0.2, 0) is 23.0 Å². The summed E-state index contributed by atoms with van der Waals surface area (Å²) in [7, 11) is -3.63. The largest absolute Gasteiger partial charge is 0.305 e. The van der Waals surface area contributed by atoms with Gasteiger partial charge in [-0.3, -0.25) is 4.79 Å². The number of hydrogen-bond donors (Lipinski definition) is 1. The summed E-state index contributed by atoms with van der Waals surface area (Å²) in [5, 5.41) is 0. The summed E-state index contributed by atoms with van der Waals surface area (Å²) in [6.07, 6.45) is 0.780. The van der Waals surface area contributed by atoms with Crippen LogP contribution in [0.1, 0.15) is 39.5 Å². The molecule has 4 rings (SSSR count). The predicted molar refractivity (Wildman–Crippen MR) is 123 cm³/mol. The quantitative estimate of drug-likeness (QED) is 0.648. The summed E-state index contributed by atoms with van der Waals surface area (Å²) < 4.78 is 28.3. The van der Waals surface area contributed by atoms with Crippen molar-refractivity contribution in [1.29, 1.82) is 0 Å². The average molecular weight is 435 g/mol. The second kappa shape index (κ2) is 8.29. The first-order valence-corrected chi connectivity index (χ1v) is 11.8. The van der Waals surface area contributed by atoms with Gasteiger partial charge in [0.15, 0.2) is 0 Å². The topological polar surface area (TPSA) is 66.5 Å². The van der Waals surface area contributed by atoms with Gasteiger partial charge in [0.1, 0.15) is 0 Å². The van der Waals surface area contributed by atoms with E-state index in [0.717, 1.165) is 34.4 Å². The molecule has 160 valence electrons. The molecule has 6 heteroatoms. The van der Waals surface area contributed by atoms with Crippen molar-refractivity contribution < 1.29 is 13.2 Å². The predicted octanol–water partition coefficient (Wildman–Crippen LogP) is 4.37. The molecule has 3 aromatic rings. The molecule has 0 saturated carbocycles. The maximum atomic E-state index is 13.1. The molecule has 0 radical (unpaired) electrons. The van der Waals surface area contributed by atoms with Gasteiger partial charge in [0.05, 0.1) is 4.90 Å². The van der Waals surface area contributed by atoms with Crippen LogP contribution in [0.3, 0.4) is 0 Å². The smallest absolute Gasteiger partial charge is 0.258 e. The first kappa shape index (κ1) is 21.3. The number of carbonyl (C=O) groups excluding carboxylic acids is 1. The highest BCUT2D eigenvalue weighted by Gasteiger charge is 2.31. The Labute approximate surface area is 183 Å². The van der Waals surface area contributed by atoms with Crippen molar-refractivity contribution in [1.82, 2.24) is 4.72 Å². The van der Waals surface area contributed by atoms with E-state index in [1.54, 1.807) is 19.1 Å². The monoisotopic (exact) mass is 434 g/mol. The second-order valence-corrected chi connectivity index (χ2v) is 9.89. The Kier molecular flexibility index (Phi) is 5.69. The van der Waals surface area contributed by atoms with Crippen molar-refractivity contribution in [2.45, 2.75) is 44.7 Å². The minimum atomic E-state index is -3.63. The molecule has 1 atom stereocenters. The highest BCUT2D eigenvalue weighted by atomic mass is 32.2. The van der Waals surface area contributed by atoms with E-state index in [-0.39, 0.29) is 23.4 Å². The van der Waals surface area contributed by atoms with Crippen LogP contribution in [-0.4, -0.2) is 20.4 Å². The first-order chi connectivity index (χ1) is 14.8. The zero-order valence-electron chi connectivity index (χ0n) is 17.9. The fourth-order valence-corrected chi connectivity index (χ4v) is 5.39. The molecule has 0 fully saturated rings. The van der Waals surface area contributed by atoms with Gasteiger partial charge in [-0.25, -0.2) is 13.1 Å². The normalized spacial score (nSPS) is 15.7. The highest BCUT2D eigenvalue weighted by Crippen LogP contribution is 2.34. The maximum absolute atomic E-state index is 13.1. The molecule has 1 aliphatic heterocycles. The molecular weight excluding hydrogens is 408 g/mol. The van der Waals surface area contributed by atoms with Crippen LogP contribution in [0, 0.1) is 13.8 Å². The average Bonchev–Trinajstić information content (AvgIpc) is 3.07. The van der Waals surface area contributed by atoms with Crippen LogP contribution in [0.2, 0.25) is 0 Å². The van der Waals surface area contributed by atoms with Crippen molar-refractivity contribution >= 4 is 21.6 Å². The van der Waals surface area contributed by atoms with E-state index in [2.05, 4.69) is 4.72 Å². The van der Waals surface area contributed by atoms with E-state index >= 15 is 0 Å². The van der Waals surface area contributed by atoms with Crippen LogP contribution in [0.15, 0.2) is 71.6 Å². The van der Waals surface area contributed by atoms with E-state index in [9.17, 15) is 13.2 Å². The summed E-state index contributed by atoms with van der Waals surface area (Å²) in [6, 6.07) is 20.4. The van der Waals surface area contributed by atoms with Gasteiger partial charge in [0.2, 0.25) is 10.0 Å². The molecule has 5 nitrogen and oxygen atoms in total. The minimum absolute atomic E-state index is 0.0418. The highest BCUT2D eigenvalue weighted by molar-refractivity contribution is 7.89. The Morgan fingerprint density at radius 2 is 1.77 bits per heavy atom. The lowest BCUT2D eigenvalue weighted by molar-refractivity contribution is 0.0981. The summed E-state index contributed by atoms with van der Waals surface area (Å²) in [6.45, 7) is 5.92. The van der Waals surface area contributed by atoms with Crippen LogP contribution in [0.25, 0.3) is 0 Å². The zero-order chi connectivity index (χ0) is 22.2. The Morgan fingerprint density at radius 3 is 2.48 bits per heavy atom. The van der Waals surface area contributed by atoms with Gasteiger partial charge in [-0.15, -0.1) is 0 Å². The van der Waals surface area contributed by atoms with E-state index in [4.69, 9.17) is 0 Å². The third-order valence-electron chi connectivity index (χ3n) is 5.69. The molecule has 31 heavy (non-hydrogen) atoms. The molecule has 0 unspecified atom stereocenters. The van der Waals surface area contributed by atoms with Gasteiger partial charge >= 0.3 is 0 Å². The number of nitrogens with one attached hydrogen (secondary N) is 1. The lowest BCUT2D eigenvalue weighted by Gasteiger charge is -2.23. The summed E-state index contributed by atoms with van der Waals surface area (Å²) in [4.78, 5) is 15.2. The Balaban J connectivity index is 1.57. The van der Waals surface area contributed by atoms with E-state index < -0.39 is 10.0 Å². The number of nitrogens with zero attached hydrogens (tertiary/aromatic N) is 1. The van der Waals surface area contributed by atoms with Crippen LogP contribution in [0.5, 0.6) is 0 Å². The Morgan fingerprint density at radius 1 is 1.03 bits per heavy atom. The van der Waals surface area contributed by atoms with Crippen LogP contribution >= 0.6 is 0 Å². The number of sulfonamides is 1. The number of rotatable bonds is 5. The molecule has 1 aliphatic rings. The van der Waals surface area contributed by atoms with Gasteiger partial charge < -0.3 is 4.90 Å². The molecule has 0 saturated heterocycles. The number of amides is 1. The van der Waals surface area contributed by atoms with Gasteiger partial charge in [-0.05, 0) is 68.1 Å². The van der Waals surface area contributed by atoms with Crippen molar-refractivity contribution in [3.8, 4) is 0 Å². The van der Waals surface area contributed by atoms with E-state index in [1.165, 1.54) is 0 Å². The molecule has 0 aliphatic carbocycles. The zero-order valence-corrected chi connectivity index (χ0v) is 18.7. The standard InChI is InChI=1S/C25H26N2O3S/c1-17-9-12-24(18(2)13-17)31(29,30)26-16-20-10-11-22-14-19(3)27(23(22)15-20)25(28)21-7-5-4-6-8-21/h4-13,15,19,26H,14,16H2,1-3H3/t19-/m1/s1. The fraction of sp³-hybridized carbons (Fsp3) is 0.240. The van der Waals surface area contributed by atoms with Crippen LogP contribution in [0.4, 0.5) is 5.69 Å². The molecule has 0 bridgehead atoms. The number of anilines is 1. The second-order valence-electron chi connectivity index (χ2n) is 8.15. The van der Waals surface area contributed by atoms with Crippen molar-refractivity contribution in [2.75, 3.05) is 4.90 Å². The number of carbonyl (C=O) groups is 1. The maximum Gasteiger partial charge on any atom is 0.258 e. The van der Waals surface area contributed by atoms with Gasteiger partial charge in [0, 0.05) is 23.8 Å². The molecule has 0 spiro atoms. The Hall–Kier alpha value is -2.96. The molecule has 0 aromatic heterocycles. The lowest BCUT2D eigenvalue weighted by Crippen LogP contribution is -2.35. The fourth-order valence-electron chi connectivity index (χ4n) is 4.15. The van der Waals surface area contributed by atoms with Crippen molar-refractivity contribution in [2.24, 2.45) is 0 Å². The van der Waals surface area contributed by atoms with Crippen LogP contribution < -0.4 is 9.62 Å². The Bertz CT molecular complexity index is 1240. The summed E-state index contributed by atoms with van der Waals surface area (Å²) in [5.74, 6) is -0.0418. The molecular formula is C25H26N2O3S. The molecule has 1 heterocycles. The van der Waals surface area contributed by atoms with E-state index in [1.807, 2.05) is 73.3 Å². The van der Waals surface area contributed by atoms with Gasteiger partial charge in [0.25, 0.3) is 5.91 Å². The third-order valence-corrected chi connectivity index (χ3v) is 7.25. The number of hydrogen-bond acceptors (Lipinski definition) is 3. The van der Waals surface area contributed by atoms with E-state index in [0.29, 0.717) is 5.56 Å². The summed E-state index contributed by atoms with van der Waals surface area (Å²) >= 11 is 0.